The van der Waals surface area contributed by atoms with Gasteiger partial charge >= 0.3 is 0 Å². The van der Waals surface area contributed by atoms with Gasteiger partial charge in [-0.1, -0.05) is 24.3 Å². The first-order valence-electron chi connectivity index (χ1n) is 5.44. The zero-order valence-electron chi connectivity index (χ0n) is 9.63. The van der Waals surface area contributed by atoms with E-state index in [-0.39, 0.29) is 0 Å². The first-order valence-corrected chi connectivity index (χ1v) is 5.44. The lowest BCUT2D eigenvalue weighted by Gasteiger charge is -2.07. The summed E-state index contributed by atoms with van der Waals surface area (Å²) in [7, 11) is 0. The van der Waals surface area contributed by atoms with Crippen molar-refractivity contribution >= 4 is 0 Å². The fraction of sp³-hybridized carbons (Fsp3) is 0.0667. The van der Waals surface area contributed by atoms with Gasteiger partial charge in [0.25, 0.3) is 0 Å². The van der Waals surface area contributed by atoms with Crippen molar-refractivity contribution in [1.29, 1.82) is 10.5 Å². The number of benzene rings is 2. The zero-order chi connectivity index (χ0) is 12.8. The van der Waals surface area contributed by atoms with Crippen LogP contribution in [0.25, 0.3) is 0 Å². The Kier molecular flexibility index (Phi) is 3.59. The van der Waals surface area contributed by atoms with Gasteiger partial charge in [-0.3, -0.25) is 0 Å². The summed E-state index contributed by atoms with van der Waals surface area (Å²) in [5.41, 5.74) is 2.10. The third kappa shape index (κ3) is 2.66. The largest absolute Gasteiger partial charge is 0.488 e. The van der Waals surface area contributed by atoms with E-state index in [9.17, 15) is 0 Å². The highest BCUT2D eigenvalue weighted by atomic mass is 16.5. The molecule has 0 bridgehead atoms. The average Bonchev–Trinajstić information content (AvgIpc) is 2.46. The molecule has 0 aliphatic rings. The minimum atomic E-state index is 0.379. The molecule has 3 nitrogen and oxygen atoms in total. The van der Waals surface area contributed by atoms with E-state index in [4.69, 9.17) is 15.3 Å². The van der Waals surface area contributed by atoms with Crippen molar-refractivity contribution in [3.05, 3.63) is 65.2 Å². The van der Waals surface area contributed by atoms with E-state index < -0.39 is 0 Å². The number of nitrogens with zero attached hydrogens (tertiary/aromatic N) is 2. The van der Waals surface area contributed by atoms with Crippen LogP contribution in [0.3, 0.4) is 0 Å². The first-order chi connectivity index (χ1) is 8.83. The summed E-state index contributed by atoms with van der Waals surface area (Å²) in [6.07, 6.45) is 0. The molecule has 0 aliphatic carbocycles. The van der Waals surface area contributed by atoms with E-state index in [1.165, 1.54) is 0 Å². The summed E-state index contributed by atoms with van der Waals surface area (Å²) in [5.74, 6) is 0.573. The minimum Gasteiger partial charge on any atom is -0.488 e. The quantitative estimate of drug-likeness (QED) is 0.820. The van der Waals surface area contributed by atoms with E-state index in [0.29, 0.717) is 23.5 Å². The molecule has 0 saturated heterocycles. The van der Waals surface area contributed by atoms with Gasteiger partial charge in [0.1, 0.15) is 18.4 Å². The molecule has 0 unspecified atom stereocenters. The summed E-state index contributed by atoms with van der Waals surface area (Å²) >= 11 is 0. The Hall–Kier alpha value is -2.78. The van der Waals surface area contributed by atoms with E-state index in [1.54, 1.807) is 30.3 Å². The number of hydrogen-bond donors (Lipinski definition) is 0. The molecular weight excluding hydrogens is 224 g/mol. The molecule has 86 valence electrons. The van der Waals surface area contributed by atoms with Crippen LogP contribution < -0.4 is 4.74 Å². The molecule has 0 radical (unpaired) electrons. The Bertz CT molecular complexity index is 618. The lowest BCUT2D eigenvalue weighted by atomic mass is 10.1. The topological polar surface area (TPSA) is 56.8 Å². The average molecular weight is 234 g/mol. The standard InChI is InChI=1S/C15H10N2O/c16-9-12-5-7-13(8-6-12)11-18-15-4-2-1-3-14(15)10-17/h1-8H,11H2. The predicted molar refractivity (Wildman–Crippen MR) is 66.6 cm³/mol. The second kappa shape index (κ2) is 5.52. The third-order valence-corrected chi connectivity index (χ3v) is 2.48. The monoisotopic (exact) mass is 234 g/mol. The number of ether oxygens (including phenoxy) is 1. The van der Waals surface area contributed by atoms with E-state index in [1.807, 2.05) is 18.2 Å². The Balaban J connectivity index is 2.07. The van der Waals surface area contributed by atoms with Crippen LogP contribution in [0.5, 0.6) is 5.75 Å². The maximum Gasteiger partial charge on any atom is 0.137 e. The molecule has 0 N–H and O–H groups in total. The molecule has 0 aromatic heterocycles. The van der Waals surface area contributed by atoms with Crippen LogP contribution >= 0.6 is 0 Å². The number of para-hydroxylation sites is 1. The molecule has 2 aromatic carbocycles. The lowest BCUT2D eigenvalue weighted by Crippen LogP contribution is -1.97. The molecule has 2 aromatic rings. The molecule has 0 fully saturated rings. The van der Waals surface area contributed by atoms with Crippen molar-refractivity contribution in [3.63, 3.8) is 0 Å². The van der Waals surface area contributed by atoms with Crippen LogP contribution in [0, 0.1) is 22.7 Å². The van der Waals surface area contributed by atoms with Crippen LogP contribution in [0.4, 0.5) is 0 Å². The molecule has 0 amide bonds. The summed E-state index contributed by atoms with van der Waals surface area (Å²) in [5, 5.41) is 17.6. The van der Waals surface area contributed by atoms with E-state index >= 15 is 0 Å². The van der Waals surface area contributed by atoms with Crippen LogP contribution in [-0.4, -0.2) is 0 Å². The molecule has 2 rings (SSSR count). The maximum absolute atomic E-state index is 8.92. The van der Waals surface area contributed by atoms with Gasteiger partial charge in [-0.15, -0.1) is 0 Å². The predicted octanol–water partition coefficient (Wildman–Crippen LogP) is 3.01. The molecule has 0 aliphatic heterocycles. The molecule has 18 heavy (non-hydrogen) atoms. The van der Waals surface area contributed by atoms with Gasteiger partial charge in [-0.2, -0.15) is 10.5 Å². The lowest BCUT2D eigenvalue weighted by molar-refractivity contribution is 0.305. The Morgan fingerprint density at radius 1 is 0.889 bits per heavy atom. The molecule has 0 spiro atoms. The fourth-order valence-corrected chi connectivity index (χ4v) is 1.52. The van der Waals surface area contributed by atoms with Crippen molar-refractivity contribution in [2.75, 3.05) is 0 Å². The first kappa shape index (κ1) is 11.7. The number of rotatable bonds is 3. The molecule has 0 atom stereocenters. The number of hydrogen-bond acceptors (Lipinski definition) is 3. The summed E-state index contributed by atoms with van der Waals surface area (Å²) < 4.78 is 5.58. The Morgan fingerprint density at radius 3 is 2.28 bits per heavy atom. The second-order valence-corrected chi connectivity index (χ2v) is 3.71. The Labute approximate surface area is 105 Å². The normalized spacial score (nSPS) is 9.22. The van der Waals surface area contributed by atoms with Crippen molar-refractivity contribution in [2.45, 2.75) is 6.61 Å². The van der Waals surface area contributed by atoms with Crippen molar-refractivity contribution in [1.82, 2.24) is 0 Å². The van der Waals surface area contributed by atoms with Gasteiger partial charge in [-0.05, 0) is 29.8 Å². The summed E-state index contributed by atoms with van der Waals surface area (Å²) in [6.45, 7) is 0.379. The van der Waals surface area contributed by atoms with E-state index in [2.05, 4.69) is 12.1 Å². The maximum atomic E-state index is 8.92. The van der Waals surface area contributed by atoms with Gasteiger partial charge in [0.05, 0.1) is 17.2 Å². The van der Waals surface area contributed by atoms with Gasteiger partial charge in [0.15, 0.2) is 0 Å². The van der Waals surface area contributed by atoms with Crippen LogP contribution in [0.2, 0.25) is 0 Å². The fourth-order valence-electron chi connectivity index (χ4n) is 1.52. The van der Waals surface area contributed by atoms with Crippen LogP contribution in [-0.2, 0) is 6.61 Å². The highest BCUT2D eigenvalue weighted by Crippen LogP contribution is 2.18. The second-order valence-electron chi connectivity index (χ2n) is 3.71. The minimum absolute atomic E-state index is 0.379. The highest BCUT2D eigenvalue weighted by molar-refractivity contribution is 5.42. The van der Waals surface area contributed by atoms with Gasteiger partial charge in [-0.25, -0.2) is 0 Å². The van der Waals surface area contributed by atoms with Crippen LogP contribution in [0.1, 0.15) is 16.7 Å². The van der Waals surface area contributed by atoms with Crippen LogP contribution in [0.15, 0.2) is 48.5 Å². The molecular formula is C15H10N2O. The molecule has 3 heteroatoms. The molecule has 0 saturated carbocycles. The van der Waals surface area contributed by atoms with Gasteiger partial charge < -0.3 is 4.74 Å². The smallest absolute Gasteiger partial charge is 0.137 e. The van der Waals surface area contributed by atoms with Gasteiger partial charge in [0.2, 0.25) is 0 Å². The van der Waals surface area contributed by atoms with Gasteiger partial charge in [0, 0.05) is 0 Å². The van der Waals surface area contributed by atoms with E-state index in [0.717, 1.165) is 5.56 Å². The van der Waals surface area contributed by atoms with Crippen molar-refractivity contribution in [3.8, 4) is 17.9 Å². The highest BCUT2D eigenvalue weighted by Gasteiger charge is 2.02. The molecule has 0 heterocycles. The SMILES string of the molecule is N#Cc1ccc(COc2ccccc2C#N)cc1. The summed E-state index contributed by atoms with van der Waals surface area (Å²) in [4.78, 5) is 0. The number of nitriles is 2. The Morgan fingerprint density at radius 2 is 1.61 bits per heavy atom. The van der Waals surface area contributed by atoms with Crippen molar-refractivity contribution in [2.24, 2.45) is 0 Å². The summed E-state index contributed by atoms with van der Waals surface area (Å²) in [6, 6.07) is 18.4. The van der Waals surface area contributed by atoms with Crippen molar-refractivity contribution < 1.29 is 4.74 Å². The zero-order valence-corrected chi connectivity index (χ0v) is 9.63. The third-order valence-electron chi connectivity index (χ3n) is 2.48.